The lowest BCUT2D eigenvalue weighted by molar-refractivity contribution is -0.0164. The topological polar surface area (TPSA) is 45.9 Å². The van der Waals surface area contributed by atoms with Gasteiger partial charge in [0, 0.05) is 43.8 Å². The Morgan fingerprint density at radius 2 is 2.12 bits per heavy atom. The average molecular weight is 354 g/mol. The Kier molecular flexibility index (Phi) is 4.32. The van der Waals surface area contributed by atoms with Gasteiger partial charge in [-0.15, -0.1) is 0 Å². The number of aryl methyl sites for hydroxylation is 1. The minimum absolute atomic E-state index is 0.0258. The minimum Gasteiger partial charge on any atom is -0.459 e. The van der Waals surface area contributed by atoms with E-state index in [1.165, 1.54) is 19.1 Å². The lowest BCUT2D eigenvalue weighted by atomic mass is 10.0. The molecule has 1 aliphatic carbocycles. The number of carbonyl (C=O) groups is 1. The van der Waals surface area contributed by atoms with Crippen LogP contribution in [-0.2, 0) is 4.74 Å². The molecule has 138 valence electrons. The molecular weight excluding hydrogens is 330 g/mol. The highest BCUT2D eigenvalue weighted by molar-refractivity contribution is 5.93. The van der Waals surface area contributed by atoms with Crippen molar-refractivity contribution in [3.63, 3.8) is 0 Å². The Balaban J connectivity index is 1.32. The molecular formula is C18H24F2N2O3. The third-order valence-corrected chi connectivity index (χ3v) is 5.45. The molecule has 0 N–H and O–H groups in total. The highest BCUT2D eigenvalue weighted by atomic mass is 19.3. The van der Waals surface area contributed by atoms with Crippen LogP contribution in [0.4, 0.5) is 8.78 Å². The maximum Gasteiger partial charge on any atom is 0.289 e. The molecule has 25 heavy (non-hydrogen) atoms. The van der Waals surface area contributed by atoms with Crippen LogP contribution in [-0.4, -0.2) is 66.6 Å². The molecule has 1 atom stereocenters. The lowest BCUT2D eigenvalue weighted by Gasteiger charge is -2.45. The highest BCUT2D eigenvalue weighted by Crippen LogP contribution is 2.36. The van der Waals surface area contributed by atoms with Gasteiger partial charge in [-0.05, 0) is 31.7 Å². The number of likely N-dealkylation sites (tertiary alicyclic amines) is 2. The van der Waals surface area contributed by atoms with Gasteiger partial charge < -0.3 is 14.1 Å². The van der Waals surface area contributed by atoms with Crippen LogP contribution in [0.25, 0.3) is 0 Å². The molecule has 3 fully saturated rings. The third kappa shape index (κ3) is 3.58. The maximum absolute atomic E-state index is 13.9. The molecule has 4 rings (SSSR count). The summed E-state index contributed by atoms with van der Waals surface area (Å²) >= 11 is 0. The second-order valence-corrected chi connectivity index (χ2v) is 7.66. The molecule has 1 saturated carbocycles. The summed E-state index contributed by atoms with van der Waals surface area (Å²) in [6, 6.07) is 1.46. The fourth-order valence-electron chi connectivity index (χ4n) is 3.73. The van der Waals surface area contributed by atoms with Crippen LogP contribution in [0.5, 0.6) is 0 Å². The number of hydrogen-bond donors (Lipinski definition) is 0. The first-order chi connectivity index (χ1) is 11.9. The summed E-state index contributed by atoms with van der Waals surface area (Å²) in [5.74, 6) is -1.86. The van der Waals surface area contributed by atoms with Crippen molar-refractivity contribution in [1.29, 1.82) is 0 Å². The van der Waals surface area contributed by atoms with Crippen molar-refractivity contribution in [2.75, 3.05) is 32.8 Å². The number of amides is 1. The Morgan fingerprint density at radius 3 is 2.76 bits per heavy atom. The van der Waals surface area contributed by atoms with Gasteiger partial charge >= 0.3 is 0 Å². The molecule has 1 aromatic rings. The van der Waals surface area contributed by atoms with E-state index in [4.69, 9.17) is 9.15 Å². The predicted molar refractivity (Wildman–Crippen MR) is 86.7 cm³/mol. The Bertz CT molecular complexity index is 638. The van der Waals surface area contributed by atoms with E-state index in [0.717, 1.165) is 5.56 Å². The van der Waals surface area contributed by atoms with E-state index < -0.39 is 5.92 Å². The highest BCUT2D eigenvalue weighted by Gasteiger charge is 2.50. The molecule has 0 unspecified atom stereocenters. The van der Waals surface area contributed by atoms with Crippen molar-refractivity contribution in [2.45, 2.75) is 44.2 Å². The standard InChI is InChI=1S/C18H24F2N2O3/c1-12-4-5-25-16(12)17(23)21-7-15(8-21)22-11-18(19,20)6-14(22)10-24-9-13-2-3-13/h4-5,13-15H,2-3,6-11H2,1H3/t14-/m0/s1. The van der Waals surface area contributed by atoms with Gasteiger partial charge in [-0.3, -0.25) is 9.69 Å². The number of alkyl halides is 2. The lowest BCUT2D eigenvalue weighted by Crippen LogP contribution is -2.62. The zero-order chi connectivity index (χ0) is 17.6. The summed E-state index contributed by atoms with van der Waals surface area (Å²) in [5.41, 5.74) is 0.799. The van der Waals surface area contributed by atoms with E-state index >= 15 is 0 Å². The van der Waals surface area contributed by atoms with Crippen LogP contribution in [0.1, 0.15) is 35.4 Å². The van der Waals surface area contributed by atoms with Crippen molar-refractivity contribution < 1.29 is 22.7 Å². The number of nitrogens with zero attached hydrogens (tertiary/aromatic N) is 2. The molecule has 1 amide bonds. The van der Waals surface area contributed by atoms with Gasteiger partial charge in [-0.1, -0.05) is 0 Å². The second-order valence-electron chi connectivity index (χ2n) is 7.66. The van der Waals surface area contributed by atoms with E-state index in [-0.39, 0.29) is 31.0 Å². The van der Waals surface area contributed by atoms with Crippen LogP contribution in [0.3, 0.4) is 0 Å². The number of carbonyl (C=O) groups excluding carboxylic acids is 1. The van der Waals surface area contributed by atoms with Gasteiger partial charge in [-0.2, -0.15) is 0 Å². The van der Waals surface area contributed by atoms with Crippen LogP contribution in [0.15, 0.2) is 16.7 Å². The van der Waals surface area contributed by atoms with E-state index in [2.05, 4.69) is 0 Å². The smallest absolute Gasteiger partial charge is 0.289 e. The first-order valence-electron chi connectivity index (χ1n) is 8.97. The van der Waals surface area contributed by atoms with Gasteiger partial charge in [0.2, 0.25) is 0 Å². The van der Waals surface area contributed by atoms with Gasteiger partial charge in [-0.25, -0.2) is 8.78 Å². The molecule has 5 nitrogen and oxygen atoms in total. The molecule has 2 saturated heterocycles. The van der Waals surface area contributed by atoms with E-state index in [1.54, 1.807) is 11.0 Å². The summed E-state index contributed by atoms with van der Waals surface area (Å²) in [6.45, 7) is 3.55. The summed E-state index contributed by atoms with van der Waals surface area (Å²) in [7, 11) is 0. The molecule has 1 aromatic heterocycles. The third-order valence-electron chi connectivity index (χ3n) is 5.45. The molecule has 7 heteroatoms. The first kappa shape index (κ1) is 17.0. The van der Waals surface area contributed by atoms with Crippen LogP contribution >= 0.6 is 0 Å². The molecule has 0 radical (unpaired) electrons. The van der Waals surface area contributed by atoms with Gasteiger partial charge in [0.15, 0.2) is 5.76 Å². The summed E-state index contributed by atoms with van der Waals surface area (Å²) in [4.78, 5) is 15.9. The largest absolute Gasteiger partial charge is 0.459 e. The number of furan rings is 1. The zero-order valence-electron chi connectivity index (χ0n) is 14.4. The molecule has 3 aliphatic rings. The average Bonchev–Trinajstić information content (AvgIpc) is 3.14. The number of halogens is 2. The van der Waals surface area contributed by atoms with Crippen molar-refractivity contribution in [2.24, 2.45) is 5.92 Å². The molecule has 0 aromatic carbocycles. The fraction of sp³-hybridized carbons (Fsp3) is 0.722. The molecule has 2 aliphatic heterocycles. The number of rotatable bonds is 6. The van der Waals surface area contributed by atoms with Crippen molar-refractivity contribution in [1.82, 2.24) is 9.80 Å². The van der Waals surface area contributed by atoms with E-state index in [9.17, 15) is 13.6 Å². The second kappa shape index (κ2) is 6.36. The molecule has 0 spiro atoms. The summed E-state index contributed by atoms with van der Waals surface area (Å²) in [6.07, 6.45) is 3.72. The fourth-order valence-corrected chi connectivity index (χ4v) is 3.73. The zero-order valence-corrected chi connectivity index (χ0v) is 14.4. The quantitative estimate of drug-likeness (QED) is 0.788. The van der Waals surface area contributed by atoms with Crippen LogP contribution in [0.2, 0.25) is 0 Å². The van der Waals surface area contributed by atoms with Crippen LogP contribution in [0, 0.1) is 12.8 Å². The van der Waals surface area contributed by atoms with Gasteiger partial charge in [0.1, 0.15) is 0 Å². The summed E-state index contributed by atoms with van der Waals surface area (Å²) < 4.78 is 38.7. The normalized spacial score (nSPS) is 26.8. The number of ether oxygens (including phenoxy) is 1. The minimum atomic E-state index is -2.67. The van der Waals surface area contributed by atoms with Crippen molar-refractivity contribution >= 4 is 5.91 Å². The Hall–Kier alpha value is -1.47. The SMILES string of the molecule is Cc1ccoc1C(=O)N1CC(N2CC(F)(F)C[C@H]2COCC2CC2)C1. The monoisotopic (exact) mass is 354 g/mol. The molecule has 3 heterocycles. The summed E-state index contributed by atoms with van der Waals surface area (Å²) in [5, 5.41) is 0. The van der Waals surface area contributed by atoms with Gasteiger partial charge in [0.25, 0.3) is 11.8 Å². The molecule has 0 bridgehead atoms. The Morgan fingerprint density at radius 1 is 1.36 bits per heavy atom. The van der Waals surface area contributed by atoms with E-state index in [0.29, 0.717) is 38.0 Å². The van der Waals surface area contributed by atoms with Gasteiger partial charge in [0.05, 0.1) is 19.4 Å². The van der Waals surface area contributed by atoms with Crippen molar-refractivity contribution in [3.05, 3.63) is 23.7 Å². The first-order valence-corrected chi connectivity index (χ1v) is 8.97. The van der Waals surface area contributed by atoms with Crippen LogP contribution < -0.4 is 0 Å². The van der Waals surface area contributed by atoms with E-state index in [1.807, 2.05) is 11.8 Å². The number of hydrogen-bond acceptors (Lipinski definition) is 4. The Labute approximate surface area is 145 Å². The van der Waals surface area contributed by atoms with Crippen molar-refractivity contribution in [3.8, 4) is 0 Å². The maximum atomic E-state index is 13.9. The predicted octanol–water partition coefficient (Wildman–Crippen LogP) is 2.55.